The van der Waals surface area contributed by atoms with E-state index in [2.05, 4.69) is 5.16 Å². The van der Waals surface area contributed by atoms with Gasteiger partial charge in [0.2, 0.25) is 0 Å². The van der Waals surface area contributed by atoms with E-state index in [9.17, 15) is 9.59 Å². The highest BCUT2D eigenvalue weighted by Gasteiger charge is 2.26. The second-order valence-corrected chi connectivity index (χ2v) is 3.18. The lowest BCUT2D eigenvalue weighted by atomic mass is 9.98. The van der Waals surface area contributed by atoms with Crippen molar-refractivity contribution in [3.8, 4) is 0 Å². The molecule has 0 aliphatic carbocycles. The van der Waals surface area contributed by atoms with Gasteiger partial charge in [-0.3, -0.25) is 9.59 Å². The molecule has 1 aromatic heterocycles. The maximum absolute atomic E-state index is 11.0. The number of aromatic amines is 1. The Labute approximate surface area is 79.7 Å². The number of rotatable bonds is 3. The number of carbonyl (C=O) groups is 1. The molecule has 2 unspecified atom stereocenters. The minimum atomic E-state index is -1.12. The molecule has 0 amide bonds. The molecule has 1 rings (SSSR count). The molecule has 1 aromatic rings. The van der Waals surface area contributed by atoms with E-state index in [0.717, 1.165) is 0 Å². The van der Waals surface area contributed by atoms with Gasteiger partial charge in [-0.25, -0.2) is 0 Å². The molecule has 0 saturated carbocycles. The van der Waals surface area contributed by atoms with Crippen LogP contribution < -0.4 is 11.3 Å². The summed E-state index contributed by atoms with van der Waals surface area (Å²) >= 11 is 0. The summed E-state index contributed by atoms with van der Waals surface area (Å²) in [5.74, 6) is -1.36. The number of carboxylic acid groups (broad SMARTS) is 1. The maximum Gasteiger partial charge on any atom is 0.321 e. The van der Waals surface area contributed by atoms with Crippen LogP contribution in [0.3, 0.4) is 0 Å². The Kier molecular flexibility index (Phi) is 2.76. The molecule has 4 N–H and O–H groups in total. The van der Waals surface area contributed by atoms with Gasteiger partial charge in [0.1, 0.15) is 11.8 Å². The van der Waals surface area contributed by atoms with Crippen LogP contribution in [0, 0.1) is 6.92 Å². The molecular weight excluding hydrogens is 188 g/mol. The van der Waals surface area contributed by atoms with E-state index < -0.39 is 17.9 Å². The highest BCUT2D eigenvalue weighted by Crippen LogP contribution is 2.19. The molecule has 0 fully saturated rings. The van der Waals surface area contributed by atoms with Crippen molar-refractivity contribution in [2.24, 2.45) is 5.73 Å². The lowest BCUT2D eigenvalue weighted by Gasteiger charge is -2.12. The van der Waals surface area contributed by atoms with Crippen LogP contribution in [0.4, 0.5) is 0 Å². The van der Waals surface area contributed by atoms with Gasteiger partial charge in [0, 0.05) is 5.92 Å². The second-order valence-electron chi connectivity index (χ2n) is 3.18. The van der Waals surface area contributed by atoms with Crippen LogP contribution in [0.1, 0.15) is 24.2 Å². The van der Waals surface area contributed by atoms with Gasteiger partial charge in [-0.15, -0.1) is 0 Å². The Hall–Kier alpha value is -1.56. The average Bonchev–Trinajstić information content (AvgIpc) is 2.45. The maximum atomic E-state index is 11.0. The van der Waals surface area contributed by atoms with Crippen molar-refractivity contribution < 1.29 is 14.4 Å². The minimum absolute atomic E-state index is 0.296. The smallest absolute Gasteiger partial charge is 0.321 e. The normalized spacial score (nSPS) is 15.1. The third kappa shape index (κ3) is 1.69. The van der Waals surface area contributed by atoms with Gasteiger partial charge < -0.3 is 15.4 Å². The first-order chi connectivity index (χ1) is 6.45. The summed E-state index contributed by atoms with van der Waals surface area (Å²) < 4.78 is 4.85. The Morgan fingerprint density at radius 2 is 2.21 bits per heavy atom. The summed E-state index contributed by atoms with van der Waals surface area (Å²) in [5, 5.41) is 10.8. The molecule has 0 spiro atoms. The Morgan fingerprint density at radius 1 is 1.64 bits per heavy atom. The van der Waals surface area contributed by atoms with Crippen LogP contribution in [0.25, 0.3) is 0 Å². The number of carboxylic acids is 1. The van der Waals surface area contributed by atoms with Gasteiger partial charge in [0.15, 0.2) is 0 Å². The van der Waals surface area contributed by atoms with E-state index in [1.807, 2.05) is 0 Å². The summed E-state index contributed by atoms with van der Waals surface area (Å²) in [6.45, 7) is 3.15. The molecule has 0 radical (unpaired) electrons. The van der Waals surface area contributed by atoms with Gasteiger partial charge in [0.05, 0.1) is 5.56 Å². The average molecular weight is 200 g/mol. The largest absolute Gasteiger partial charge is 0.480 e. The van der Waals surface area contributed by atoms with Crippen molar-refractivity contribution in [2.45, 2.75) is 25.8 Å². The minimum Gasteiger partial charge on any atom is -0.480 e. The van der Waals surface area contributed by atoms with Crippen molar-refractivity contribution in [3.05, 3.63) is 21.7 Å². The van der Waals surface area contributed by atoms with Gasteiger partial charge in [-0.2, -0.15) is 5.16 Å². The third-order valence-corrected chi connectivity index (χ3v) is 2.20. The molecular formula is C8H12N2O4. The quantitative estimate of drug-likeness (QED) is 0.625. The zero-order valence-electron chi connectivity index (χ0n) is 7.90. The fourth-order valence-electron chi connectivity index (χ4n) is 1.18. The van der Waals surface area contributed by atoms with E-state index in [-0.39, 0.29) is 5.56 Å². The number of aliphatic carboxylic acids is 1. The Bertz CT molecular complexity index is 392. The van der Waals surface area contributed by atoms with Crippen LogP contribution >= 0.6 is 0 Å². The van der Waals surface area contributed by atoms with Crippen molar-refractivity contribution in [1.82, 2.24) is 5.16 Å². The molecule has 0 aliphatic heterocycles. The number of hydrogen-bond donors (Lipinski definition) is 3. The monoisotopic (exact) mass is 200 g/mol. The molecule has 6 heteroatoms. The van der Waals surface area contributed by atoms with Gasteiger partial charge in [0.25, 0.3) is 5.56 Å². The number of H-pyrrole nitrogens is 1. The van der Waals surface area contributed by atoms with Crippen LogP contribution in [-0.2, 0) is 4.79 Å². The molecule has 0 saturated heterocycles. The Morgan fingerprint density at radius 3 is 2.57 bits per heavy atom. The first-order valence-electron chi connectivity index (χ1n) is 4.11. The Balaban J connectivity index is 3.00. The molecule has 0 aromatic carbocycles. The molecule has 6 nitrogen and oxygen atoms in total. The molecule has 0 aliphatic rings. The van der Waals surface area contributed by atoms with Crippen LogP contribution in [0.5, 0.6) is 0 Å². The van der Waals surface area contributed by atoms with Crippen molar-refractivity contribution in [3.63, 3.8) is 0 Å². The second kappa shape index (κ2) is 3.67. The number of nitrogens with two attached hydrogens (primary N) is 1. The summed E-state index contributed by atoms with van der Waals surface area (Å²) in [5.41, 5.74) is 5.41. The molecule has 2 atom stereocenters. The summed E-state index contributed by atoms with van der Waals surface area (Å²) in [7, 11) is 0. The highest BCUT2D eigenvalue weighted by atomic mass is 16.5. The van der Waals surface area contributed by atoms with E-state index in [4.69, 9.17) is 15.4 Å². The molecule has 14 heavy (non-hydrogen) atoms. The van der Waals surface area contributed by atoms with Crippen LogP contribution in [0.2, 0.25) is 0 Å². The van der Waals surface area contributed by atoms with Gasteiger partial charge in [-0.05, 0) is 6.92 Å². The van der Waals surface area contributed by atoms with E-state index in [0.29, 0.717) is 11.3 Å². The van der Waals surface area contributed by atoms with Crippen LogP contribution in [-0.4, -0.2) is 22.3 Å². The zero-order valence-corrected chi connectivity index (χ0v) is 7.90. The van der Waals surface area contributed by atoms with Crippen LogP contribution in [0.15, 0.2) is 9.32 Å². The third-order valence-electron chi connectivity index (χ3n) is 2.20. The van der Waals surface area contributed by atoms with Crippen molar-refractivity contribution in [2.75, 3.05) is 0 Å². The lowest BCUT2D eigenvalue weighted by molar-refractivity contribution is -0.139. The predicted molar refractivity (Wildman–Crippen MR) is 48.1 cm³/mol. The van der Waals surface area contributed by atoms with Gasteiger partial charge >= 0.3 is 5.97 Å². The van der Waals surface area contributed by atoms with Crippen molar-refractivity contribution >= 4 is 5.97 Å². The number of aromatic nitrogens is 1. The lowest BCUT2D eigenvalue weighted by Crippen LogP contribution is -2.35. The van der Waals surface area contributed by atoms with E-state index in [1.54, 1.807) is 13.8 Å². The molecule has 0 bridgehead atoms. The first kappa shape index (κ1) is 10.5. The zero-order chi connectivity index (χ0) is 10.9. The summed E-state index contributed by atoms with van der Waals surface area (Å²) in [6, 6.07) is -1.08. The highest BCUT2D eigenvalue weighted by molar-refractivity contribution is 5.74. The summed E-state index contributed by atoms with van der Waals surface area (Å²) in [4.78, 5) is 21.6. The summed E-state index contributed by atoms with van der Waals surface area (Å²) in [6.07, 6.45) is 0. The number of nitrogens with one attached hydrogen (secondary N) is 1. The SMILES string of the molecule is Cc1c(C(C)C(N)C(=O)O)o[nH]c1=O. The van der Waals surface area contributed by atoms with E-state index in [1.165, 1.54) is 0 Å². The predicted octanol–water partition coefficient (Wildman–Crippen LogP) is -0.208. The first-order valence-corrected chi connectivity index (χ1v) is 4.11. The van der Waals surface area contributed by atoms with Crippen molar-refractivity contribution in [1.29, 1.82) is 0 Å². The van der Waals surface area contributed by atoms with E-state index >= 15 is 0 Å². The molecule has 78 valence electrons. The molecule has 1 heterocycles. The fourth-order valence-corrected chi connectivity index (χ4v) is 1.18. The van der Waals surface area contributed by atoms with Gasteiger partial charge in [-0.1, -0.05) is 6.92 Å². The number of hydrogen-bond acceptors (Lipinski definition) is 4. The topological polar surface area (TPSA) is 109 Å². The standard InChI is InChI=1S/C8H12N2O4/c1-3(5(9)8(12)13)6-4(2)7(11)10-14-6/h3,5H,9H2,1-2H3,(H,10,11)(H,12,13). The fraction of sp³-hybridized carbons (Fsp3) is 0.500.